The van der Waals surface area contributed by atoms with Gasteiger partial charge in [0.2, 0.25) is 0 Å². The van der Waals surface area contributed by atoms with Crippen molar-refractivity contribution in [1.82, 2.24) is 14.7 Å². The van der Waals surface area contributed by atoms with Gasteiger partial charge in [-0.3, -0.25) is 0 Å². The Labute approximate surface area is 165 Å². The third-order valence-electron chi connectivity index (χ3n) is 5.43. The lowest BCUT2D eigenvalue weighted by molar-refractivity contribution is 0.0805. The third-order valence-corrected chi connectivity index (χ3v) is 9.43. The van der Waals surface area contributed by atoms with E-state index in [1.165, 1.54) is 0 Å². The lowest BCUT2D eigenvalue weighted by atomic mass is 9.88. The van der Waals surface area contributed by atoms with Crippen LogP contribution < -0.4 is 0 Å². The Bertz CT molecular complexity index is 321. The van der Waals surface area contributed by atoms with Gasteiger partial charge in [-0.25, -0.2) is 0 Å². The molecule has 0 aliphatic rings. The van der Waals surface area contributed by atoms with Crippen LogP contribution in [0.25, 0.3) is 0 Å². The maximum atomic E-state index is 6.38. The lowest BCUT2D eigenvalue weighted by Gasteiger charge is -2.46. The first-order valence-corrected chi connectivity index (χ1v) is 12.8. The first-order valence-electron chi connectivity index (χ1n) is 10.6. The van der Waals surface area contributed by atoms with Gasteiger partial charge in [0.05, 0.1) is 0 Å². The minimum Gasteiger partial charge on any atom is -0.394 e. The van der Waals surface area contributed by atoms with Crippen molar-refractivity contribution >= 4 is 8.56 Å². The van der Waals surface area contributed by atoms with Gasteiger partial charge in [0.25, 0.3) is 0 Å². The van der Waals surface area contributed by atoms with E-state index >= 15 is 0 Å². The molecule has 158 valence electrons. The van der Waals surface area contributed by atoms with Crippen molar-refractivity contribution in [3.8, 4) is 0 Å². The lowest BCUT2D eigenvalue weighted by Crippen LogP contribution is -2.56. The van der Waals surface area contributed by atoms with E-state index in [4.69, 9.17) is 8.85 Å². The minimum absolute atomic E-state index is 0.146. The van der Waals surface area contributed by atoms with E-state index in [9.17, 15) is 0 Å². The summed E-state index contributed by atoms with van der Waals surface area (Å²) >= 11 is 0. The molecule has 0 amide bonds. The van der Waals surface area contributed by atoms with Gasteiger partial charge in [0.1, 0.15) is 0 Å². The quantitative estimate of drug-likeness (QED) is 0.377. The Kier molecular flexibility index (Phi) is 13.2. The first-order chi connectivity index (χ1) is 12.3. The SMILES string of the molecule is CCO[Si](CC)(CC(CN(C)CC)(CN(C)CC)CN(C)CC)OCC. The van der Waals surface area contributed by atoms with Crippen LogP contribution in [0.4, 0.5) is 0 Å². The third kappa shape index (κ3) is 8.80. The van der Waals surface area contributed by atoms with Gasteiger partial charge in [0.15, 0.2) is 0 Å². The van der Waals surface area contributed by atoms with E-state index in [1.807, 2.05) is 0 Å². The van der Waals surface area contributed by atoms with Gasteiger partial charge in [-0.05, 0) is 60.7 Å². The molecule has 0 aromatic carbocycles. The fourth-order valence-corrected chi connectivity index (χ4v) is 7.42. The van der Waals surface area contributed by atoms with Gasteiger partial charge in [-0.2, -0.15) is 0 Å². The van der Waals surface area contributed by atoms with E-state index in [0.717, 1.165) is 64.6 Å². The molecule has 26 heavy (non-hydrogen) atoms. The van der Waals surface area contributed by atoms with Gasteiger partial charge in [-0.15, -0.1) is 0 Å². The van der Waals surface area contributed by atoms with Crippen molar-refractivity contribution in [2.75, 3.05) is 73.6 Å². The van der Waals surface area contributed by atoms with Crippen molar-refractivity contribution in [3.63, 3.8) is 0 Å². The molecule has 0 aliphatic carbocycles. The van der Waals surface area contributed by atoms with E-state index in [-0.39, 0.29) is 5.41 Å². The van der Waals surface area contributed by atoms with Crippen molar-refractivity contribution < 1.29 is 8.85 Å². The summed E-state index contributed by atoms with van der Waals surface area (Å²) in [6.45, 7) is 21.1. The van der Waals surface area contributed by atoms with Crippen LogP contribution in [-0.2, 0) is 8.85 Å². The molecule has 5 nitrogen and oxygen atoms in total. The van der Waals surface area contributed by atoms with Crippen molar-refractivity contribution in [2.45, 2.75) is 53.6 Å². The van der Waals surface area contributed by atoms with Crippen LogP contribution in [0.15, 0.2) is 0 Å². The molecule has 0 rings (SSSR count). The molecule has 0 bridgehead atoms. The Hall–Kier alpha value is 0.0169. The standard InChI is InChI=1S/C20H47N3O2Si/c1-10-21(7)16-20(17-22(8)11-2,18-23(9)12-3)19-26(15-6,24-13-4)25-14-5/h10-19H2,1-9H3. The van der Waals surface area contributed by atoms with E-state index in [1.54, 1.807) is 0 Å². The molecule has 0 spiro atoms. The average Bonchev–Trinajstić information content (AvgIpc) is 2.61. The van der Waals surface area contributed by atoms with Crippen LogP contribution in [0.3, 0.4) is 0 Å². The van der Waals surface area contributed by atoms with Crippen LogP contribution in [0.2, 0.25) is 12.1 Å². The largest absolute Gasteiger partial charge is 0.394 e. The van der Waals surface area contributed by atoms with E-state index in [0.29, 0.717) is 0 Å². The Morgan fingerprint density at radius 1 is 0.654 bits per heavy atom. The fourth-order valence-electron chi connectivity index (χ4n) is 3.94. The highest BCUT2D eigenvalue weighted by Gasteiger charge is 2.46. The molecule has 0 fully saturated rings. The topological polar surface area (TPSA) is 28.2 Å². The Morgan fingerprint density at radius 2 is 1.00 bits per heavy atom. The summed E-state index contributed by atoms with van der Waals surface area (Å²) in [7, 11) is 4.49. The normalized spacial score (nSPS) is 13.4. The van der Waals surface area contributed by atoms with Crippen LogP contribution in [0.5, 0.6) is 0 Å². The van der Waals surface area contributed by atoms with Crippen molar-refractivity contribution in [1.29, 1.82) is 0 Å². The number of hydrogen-bond acceptors (Lipinski definition) is 5. The molecular weight excluding hydrogens is 342 g/mol. The molecule has 0 saturated heterocycles. The summed E-state index contributed by atoms with van der Waals surface area (Å²) in [5, 5.41) is 0. The first kappa shape index (κ1) is 26.0. The number of rotatable bonds is 16. The molecule has 0 radical (unpaired) electrons. The highest BCUT2D eigenvalue weighted by molar-refractivity contribution is 6.67. The minimum atomic E-state index is -2.22. The molecule has 0 N–H and O–H groups in total. The zero-order valence-corrected chi connectivity index (χ0v) is 20.2. The second-order valence-electron chi connectivity index (χ2n) is 7.80. The van der Waals surface area contributed by atoms with Crippen molar-refractivity contribution in [2.24, 2.45) is 5.41 Å². The predicted molar refractivity (Wildman–Crippen MR) is 116 cm³/mol. The molecule has 0 aliphatic heterocycles. The van der Waals surface area contributed by atoms with Crippen LogP contribution >= 0.6 is 0 Å². The molecular formula is C20H47N3O2Si. The monoisotopic (exact) mass is 389 g/mol. The predicted octanol–water partition coefficient (Wildman–Crippen LogP) is 3.36. The average molecular weight is 390 g/mol. The zero-order chi connectivity index (χ0) is 20.2. The molecule has 0 aromatic heterocycles. The van der Waals surface area contributed by atoms with Gasteiger partial charge < -0.3 is 23.6 Å². The van der Waals surface area contributed by atoms with Gasteiger partial charge in [0, 0.05) is 44.3 Å². The Morgan fingerprint density at radius 3 is 1.23 bits per heavy atom. The summed E-state index contributed by atoms with van der Waals surface area (Å²) in [4.78, 5) is 7.37. The van der Waals surface area contributed by atoms with E-state index in [2.05, 4.69) is 77.4 Å². The maximum Gasteiger partial charge on any atom is 0.338 e. The van der Waals surface area contributed by atoms with Crippen LogP contribution in [-0.4, -0.2) is 96.9 Å². The summed E-state index contributed by atoms with van der Waals surface area (Å²) < 4.78 is 12.8. The molecule has 0 heterocycles. The molecule has 0 atom stereocenters. The summed E-state index contributed by atoms with van der Waals surface area (Å²) in [6.07, 6.45) is 0. The smallest absolute Gasteiger partial charge is 0.338 e. The second-order valence-corrected chi connectivity index (χ2v) is 11.3. The highest BCUT2D eigenvalue weighted by Crippen LogP contribution is 2.35. The van der Waals surface area contributed by atoms with Crippen LogP contribution in [0.1, 0.15) is 41.5 Å². The van der Waals surface area contributed by atoms with E-state index < -0.39 is 8.56 Å². The second kappa shape index (κ2) is 13.2. The Balaban J connectivity index is 5.90. The van der Waals surface area contributed by atoms with Crippen molar-refractivity contribution in [3.05, 3.63) is 0 Å². The molecule has 0 aromatic rings. The zero-order valence-electron chi connectivity index (χ0n) is 19.2. The number of hydrogen-bond donors (Lipinski definition) is 0. The van der Waals surface area contributed by atoms with Gasteiger partial charge >= 0.3 is 8.56 Å². The summed E-state index contributed by atoms with van der Waals surface area (Å²) in [5.74, 6) is 0. The molecule has 0 unspecified atom stereocenters. The van der Waals surface area contributed by atoms with Gasteiger partial charge in [-0.1, -0.05) is 27.7 Å². The molecule has 0 saturated carbocycles. The highest BCUT2D eigenvalue weighted by atomic mass is 28.4. The molecule has 6 heteroatoms. The maximum absolute atomic E-state index is 6.38. The summed E-state index contributed by atoms with van der Waals surface area (Å²) in [6, 6.07) is 2.06. The number of nitrogens with zero attached hydrogens (tertiary/aromatic N) is 3. The fraction of sp³-hybridized carbons (Fsp3) is 1.00. The summed E-state index contributed by atoms with van der Waals surface area (Å²) in [5.41, 5.74) is 0.146. The van der Waals surface area contributed by atoms with Crippen LogP contribution in [0, 0.1) is 5.41 Å².